The average molecular weight is 252 g/mol. The molecule has 1 saturated heterocycles. The van der Waals surface area contributed by atoms with Crippen molar-refractivity contribution in [2.45, 2.75) is 38.9 Å². The van der Waals surface area contributed by atoms with Crippen molar-refractivity contribution in [2.75, 3.05) is 19.6 Å². The highest BCUT2D eigenvalue weighted by molar-refractivity contribution is 5.79. The predicted octanol–water partition coefficient (Wildman–Crippen LogP) is 1.79. The highest BCUT2D eigenvalue weighted by Gasteiger charge is 2.36. The van der Waals surface area contributed by atoms with Crippen LogP contribution in [0.1, 0.15) is 26.7 Å². The van der Waals surface area contributed by atoms with E-state index >= 15 is 0 Å². The van der Waals surface area contributed by atoms with Gasteiger partial charge in [-0.2, -0.15) is 13.2 Å². The predicted molar refractivity (Wildman–Crippen MR) is 58.5 cm³/mol. The van der Waals surface area contributed by atoms with E-state index in [-0.39, 0.29) is 24.4 Å². The van der Waals surface area contributed by atoms with E-state index in [0.717, 1.165) is 17.9 Å². The summed E-state index contributed by atoms with van der Waals surface area (Å²) >= 11 is 0. The number of halogens is 3. The molecule has 1 N–H and O–H groups in total. The molecule has 0 aliphatic carbocycles. The molecule has 1 fully saturated rings. The quantitative estimate of drug-likeness (QED) is 0.830. The Bertz CT molecular complexity index is 268. The summed E-state index contributed by atoms with van der Waals surface area (Å²) in [5.74, 6) is -0.712. The molecule has 0 saturated carbocycles. The standard InChI is InChI=1S/C11H19F3N2O/c1-3-16(7-11(12,13)14)10(17)9-5-4-6-15-8(9)2/h8-9,15H,3-7H2,1-2H3. The van der Waals surface area contributed by atoms with E-state index in [1.54, 1.807) is 6.92 Å². The van der Waals surface area contributed by atoms with Gasteiger partial charge in [0.25, 0.3) is 0 Å². The second kappa shape index (κ2) is 5.71. The number of nitrogens with zero attached hydrogens (tertiary/aromatic N) is 1. The molecule has 1 aliphatic heterocycles. The van der Waals surface area contributed by atoms with Gasteiger partial charge in [0, 0.05) is 12.6 Å². The monoisotopic (exact) mass is 252 g/mol. The maximum atomic E-state index is 12.3. The van der Waals surface area contributed by atoms with Gasteiger partial charge in [-0.15, -0.1) is 0 Å². The lowest BCUT2D eigenvalue weighted by Gasteiger charge is -2.33. The molecule has 1 rings (SSSR count). The lowest BCUT2D eigenvalue weighted by molar-refractivity contribution is -0.164. The van der Waals surface area contributed by atoms with Gasteiger partial charge >= 0.3 is 6.18 Å². The van der Waals surface area contributed by atoms with E-state index in [2.05, 4.69) is 5.32 Å². The van der Waals surface area contributed by atoms with E-state index in [9.17, 15) is 18.0 Å². The van der Waals surface area contributed by atoms with Gasteiger partial charge in [-0.1, -0.05) is 0 Å². The summed E-state index contributed by atoms with van der Waals surface area (Å²) in [5.41, 5.74) is 0. The van der Waals surface area contributed by atoms with Gasteiger partial charge in [0.05, 0.1) is 5.92 Å². The zero-order chi connectivity index (χ0) is 13.1. The lowest BCUT2D eigenvalue weighted by atomic mass is 9.90. The first-order chi connectivity index (χ1) is 7.85. The van der Waals surface area contributed by atoms with E-state index in [1.165, 1.54) is 0 Å². The molecule has 6 heteroatoms. The summed E-state index contributed by atoms with van der Waals surface area (Å²) in [5, 5.41) is 3.13. The van der Waals surface area contributed by atoms with Crippen LogP contribution in [0.4, 0.5) is 13.2 Å². The molecule has 0 aromatic heterocycles. The molecule has 0 aromatic carbocycles. The van der Waals surface area contributed by atoms with Gasteiger partial charge in [-0.05, 0) is 33.2 Å². The molecule has 2 atom stereocenters. The van der Waals surface area contributed by atoms with Crippen LogP contribution in [0, 0.1) is 5.92 Å². The minimum atomic E-state index is -4.32. The molecule has 1 amide bonds. The van der Waals surface area contributed by atoms with Crippen LogP contribution in [0.25, 0.3) is 0 Å². The van der Waals surface area contributed by atoms with Gasteiger partial charge in [-0.3, -0.25) is 4.79 Å². The SMILES string of the molecule is CCN(CC(F)(F)F)C(=O)C1CCCNC1C. The first-order valence-corrected chi connectivity index (χ1v) is 5.94. The zero-order valence-corrected chi connectivity index (χ0v) is 10.2. The molecule has 3 nitrogen and oxygen atoms in total. The largest absolute Gasteiger partial charge is 0.406 e. The minimum Gasteiger partial charge on any atom is -0.334 e. The normalized spacial score (nSPS) is 25.7. The van der Waals surface area contributed by atoms with Crippen LogP contribution in [0.5, 0.6) is 0 Å². The van der Waals surface area contributed by atoms with Crippen molar-refractivity contribution in [3.8, 4) is 0 Å². The molecule has 1 heterocycles. The van der Waals surface area contributed by atoms with E-state index < -0.39 is 12.7 Å². The molecular weight excluding hydrogens is 233 g/mol. The fourth-order valence-electron chi connectivity index (χ4n) is 2.18. The smallest absolute Gasteiger partial charge is 0.334 e. The van der Waals surface area contributed by atoms with Crippen molar-refractivity contribution >= 4 is 5.91 Å². The Morgan fingerprint density at radius 3 is 2.59 bits per heavy atom. The summed E-state index contributed by atoms with van der Waals surface area (Å²) in [6.45, 7) is 3.21. The van der Waals surface area contributed by atoms with Gasteiger partial charge in [-0.25, -0.2) is 0 Å². The van der Waals surface area contributed by atoms with Crippen molar-refractivity contribution in [2.24, 2.45) is 5.92 Å². The number of amides is 1. The Hall–Kier alpha value is -0.780. The number of carbonyl (C=O) groups excluding carboxylic acids is 1. The Morgan fingerprint density at radius 1 is 1.47 bits per heavy atom. The third kappa shape index (κ3) is 4.18. The first-order valence-electron chi connectivity index (χ1n) is 5.94. The van der Waals surface area contributed by atoms with Gasteiger partial charge < -0.3 is 10.2 Å². The molecule has 1 aliphatic rings. The molecule has 0 bridgehead atoms. The van der Waals surface area contributed by atoms with Crippen molar-refractivity contribution in [1.29, 1.82) is 0 Å². The number of hydrogen-bond donors (Lipinski definition) is 1. The molecule has 0 radical (unpaired) electrons. The number of piperidine rings is 1. The van der Waals surface area contributed by atoms with Crippen LogP contribution in [0.3, 0.4) is 0 Å². The second-order valence-corrected chi connectivity index (χ2v) is 4.46. The Kier molecular flexibility index (Phi) is 4.80. The maximum absolute atomic E-state index is 12.3. The van der Waals surface area contributed by atoms with Crippen LogP contribution < -0.4 is 5.32 Å². The highest BCUT2D eigenvalue weighted by atomic mass is 19.4. The molecule has 17 heavy (non-hydrogen) atoms. The third-order valence-corrected chi connectivity index (χ3v) is 3.14. The van der Waals surface area contributed by atoms with E-state index in [1.807, 2.05) is 6.92 Å². The van der Waals surface area contributed by atoms with Crippen molar-refractivity contribution in [3.05, 3.63) is 0 Å². The summed E-state index contributed by atoms with van der Waals surface area (Å²) in [7, 11) is 0. The Labute approximate surface area is 99.4 Å². The summed E-state index contributed by atoms with van der Waals surface area (Å²) in [6.07, 6.45) is -2.82. The maximum Gasteiger partial charge on any atom is 0.406 e. The zero-order valence-electron chi connectivity index (χ0n) is 10.2. The highest BCUT2D eigenvalue weighted by Crippen LogP contribution is 2.22. The van der Waals surface area contributed by atoms with Crippen LogP contribution in [-0.4, -0.2) is 42.7 Å². The topological polar surface area (TPSA) is 32.3 Å². The second-order valence-electron chi connectivity index (χ2n) is 4.46. The summed E-state index contributed by atoms with van der Waals surface area (Å²) < 4.78 is 36.9. The molecule has 0 spiro atoms. The molecule has 2 unspecified atom stereocenters. The fourth-order valence-corrected chi connectivity index (χ4v) is 2.18. The number of hydrogen-bond acceptors (Lipinski definition) is 2. The van der Waals surface area contributed by atoms with Crippen molar-refractivity contribution < 1.29 is 18.0 Å². The van der Waals surface area contributed by atoms with Crippen LogP contribution >= 0.6 is 0 Å². The number of carbonyl (C=O) groups is 1. The lowest BCUT2D eigenvalue weighted by Crippen LogP contribution is -2.50. The van der Waals surface area contributed by atoms with Crippen molar-refractivity contribution in [3.63, 3.8) is 0 Å². The van der Waals surface area contributed by atoms with Gasteiger partial charge in [0.15, 0.2) is 0 Å². The van der Waals surface area contributed by atoms with E-state index in [4.69, 9.17) is 0 Å². The average Bonchev–Trinajstić information content (AvgIpc) is 2.24. The molecular formula is C11H19F3N2O. The first kappa shape index (κ1) is 14.3. The summed E-state index contributed by atoms with van der Waals surface area (Å²) in [4.78, 5) is 12.9. The van der Waals surface area contributed by atoms with Crippen LogP contribution in [0.2, 0.25) is 0 Å². The fraction of sp³-hybridized carbons (Fsp3) is 0.909. The van der Waals surface area contributed by atoms with Crippen LogP contribution in [0.15, 0.2) is 0 Å². The number of alkyl halides is 3. The minimum absolute atomic E-state index is 0.0430. The molecule has 100 valence electrons. The number of nitrogens with one attached hydrogen (secondary N) is 1. The molecule has 0 aromatic rings. The number of rotatable bonds is 3. The Balaban J connectivity index is 2.64. The Morgan fingerprint density at radius 2 is 2.12 bits per heavy atom. The summed E-state index contributed by atoms with van der Waals surface area (Å²) in [6, 6.07) is -0.0430. The van der Waals surface area contributed by atoms with Gasteiger partial charge in [0.1, 0.15) is 6.54 Å². The van der Waals surface area contributed by atoms with Crippen LogP contribution in [-0.2, 0) is 4.79 Å². The van der Waals surface area contributed by atoms with Crippen molar-refractivity contribution in [1.82, 2.24) is 10.2 Å². The van der Waals surface area contributed by atoms with Gasteiger partial charge in [0.2, 0.25) is 5.91 Å². The van der Waals surface area contributed by atoms with E-state index in [0.29, 0.717) is 6.42 Å². The third-order valence-electron chi connectivity index (χ3n) is 3.14.